The van der Waals surface area contributed by atoms with E-state index >= 15 is 0 Å². The number of carboxylic acids is 1. The number of hydrogen-bond donors (Lipinski definition) is 2. The predicted octanol–water partition coefficient (Wildman–Crippen LogP) is 1.64. The second kappa shape index (κ2) is 6.48. The number of hydrogen-bond acceptors (Lipinski definition) is 3. The van der Waals surface area contributed by atoms with Gasteiger partial charge in [0.15, 0.2) is 5.78 Å². The lowest BCUT2D eigenvalue weighted by Gasteiger charge is -2.30. The minimum absolute atomic E-state index is 0.0677. The first-order chi connectivity index (χ1) is 9.16. The van der Waals surface area contributed by atoms with Crippen LogP contribution in [-0.2, 0) is 16.0 Å². The van der Waals surface area contributed by atoms with Crippen LogP contribution in [0.4, 0.5) is 0 Å². The van der Waals surface area contributed by atoms with Crippen molar-refractivity contribution in [2.75, 3.05) is 6.54 Å². The fraction of sp³-hybridized carbons (Fsp3) is 0.467. The first kappa shape index (κ1) is 13.7. The van der Waals surface area contributed by atoms with Gasteiger partial charge in [-0.1, -0.05) is 30.3 Å². The number of ketones is 1. The van der Waals surface area contributed by atoms with Gasteiger partial charge in [-0.25, -0.2) is 0 Å². The third-order valence-corrected chi connectivity index (χ3v) is 3.59. The first-order valence-electron chi connectivity index (χ1n) is 6.68. The van der Waals surface area contributed by atoms with Gasteiger partial charge in [0.1, 0.15) is 0 Å². The fourth-order valence-electron chi connectivity index (χ4n) is 2.68. The third-order valence-electron chi connectivity index (χ3n) is 3.59. The average Bonchev–Trinajstić information content (AvgIpc) is 2.39. The summed E-state index contributed by atoms with van der Waals surface area (Å²) in [6, 6.07) is 9.27. The zero-order chi connectivity index (χ0) is 13.7. The quantitative estimate of drug-likeness (QED) is 0.845. The Balaban J connectivity index is 2.01. The van der Waals surface area contributed by atoms with Crippen LogP contribution in [0.5, 0.6) is 0 Å². The summed E-state index contributed by atoms with van der Waals surface area (Å²) in [5.74, 6) is -0.814. The second-order valence-corrected chi connectivity index (χ2v) is 5.06. The molecule has 2 unspecified atom stereocenters. The number of carbonyl (C=O) groups is 2. The molecule has 0 bridgehead atoms. The maximum Gasteiger partial charge on any atom is 0.303 e. The van der Waals surface area contributed by atoms with Gasteiger partial charge in [0.25, 0.3) is 0 Å². The minimum Gasteiger partial charge on any atom is -0.481 e. The van der Waals surface area contributed by atoms with E-state index in [0.29, 0.717) is 6.42 Å². The number of rotatable bonds is 5. The van der Waals surface area contributed by atoms with Gasteiger partial charge >= 0.3 is 5.97 Å². The molecule has 1 aliphatic heterocycles. The summed E-state index contributed by atoms with van der Waals surface area (Å²) in [5.41, 5.74) is 0.981. The van der Waals surface area contributed by atoms with Crippen LogP contribution < -0.4 is 5.32 Å². The predicted molar refractivity (Wildman–Crippen MR) is 71.9 cm³/mol. The second-order valence-electron chi connectivity index (χ2n) is 5.06. The van der Waals surface area contributed by atoms with Crippen molar-refractivity contribution in [2.24, 2.45) is 5.92 Å². The van der Waals surface area contributed by atoms with Gasteiger partial charge in [0.2, 0.25) is 0 Å². The number of carboxylic acid groups (broad SMARTS) is 1. The maximum absolute atomic E-state index is 12.3. The van der Waals surface area contributed by atoms with Crippen LogP contribution >= 0.6 is 0 Å². The molecule has 4 nitrogen and oxygen atoms in total. The Hall–Kier alpha value is -1.68. The van der Waals surface area contributed by atoms with Crippen molar-refractivity contribution in [3.8, 4) is 0 Å². The minimum atomic E-state index is -0.828. The lowest BCUT2D eigenvalue weighted by molar-refractivity contribution is -0.138. The highest BCUT2D eigenvalue weighted by atomic mass is 16.4. The molecule has 0 aliphatic carbocycles. The monoisotopic (exact) mass is 261 g/mol. The molecule has 1 heterocycles. The van der Waals surface area contributed by atoms with Crippen LogP contribution in [0.15, 0.2) is 30.3 Å². The van der Waals surface area contributed by atoms with E-state index < -0.39 is 5.97 Å². The van der Waals surface area contributed by atoms with Crippen molar-refractivity contribution in [3.63, 3.8) is 0 Å². The normalized spacial score (nSPS) is 22.9. The number of piperidine rings is 1. The Morgan fingerprint density at radius 1 is 1.26 bits per heavy atom. The van der Waals surface area contributed by atoms with Crippen molar-refractivity contribution in [1.29, 1.82) is 0 Å². The zero-order valence-electron chi connectivity index (χ0n) is 10.8. The molecule has 1 saturated heterocycles. The van der Waals surface area contributed by atoms with Crippen LogP contribution in [0.25, 0.3) is 0 Å². The third kappa shape index (κ3) is 3.89. The van der Waals surface area contributed by atoms with Crippen molar-refractivity contribution >= 4 is 11.8 Å². The van der Waals surface area contributed by atoms with E-state index in [2.05, 4.69) is 5.32 Å². The van der Waals surface area contributed by atoms with Gasteiger partial charge in [-0.15, -0.1) is 0 Å². The molecule has 2 atom stereocenters. The molecule has 4 heteroatoms. The van der Waals surface area contributed by atoms with Crippen molar-refractivity contribution in [3.05, 3.63) is 35.9 Å². The van der Waals surface area contributed by atoms with E-state index in [1.54, 1.807) is 0 Å². The molecule has 1 aliphatic rings. The van der Waals surface area contributed by atoms with Gasteiger partial charge in [-0.2, -0.15) is 0 Å². The number of nitrogens with one attached hydrogen (secondary N) is 1. The van der Waals surface area contributed by atoms with Gasteiger partial charge < -0.3 is 10.4 Å². The van der Waals surface area contributed by atoms with E-state index in [0.717, 1.165) is 24.9 Å². The van der Waals surface area contributed by atoms with E-state index in [-0.39, 0.29) is 24.2 Å². The van der Waals surface area contributed by atoms with Crippen molar-refractivity contribution in [2.45, 2.75) is 31.7 Å². The maximum atomic E-state index is 12.3. The summed E-state index contributed by atoms with van der Waals surface area (Å²) < 4.78 is 0. The van der Waals surface area contributed by atoms with Crippen molar-refractivity contribution < 1.29 is 14.7 Å². The highest BCUT2D eigenvalue weighted by Gasteiger charge is 2.31. The van der Waals surface area contributed by atoms with E-state index in [4.69, 9.17) is 5.11 Å². The smallest absolute Gasteiger partial charge is 0.303 e. The standard InChI is InChI=1S/C15H19NO3/c17-13(9-11-5-2-1-3-6-11)15-12(10-14(18)19)7-4-8-16-15/h1-3,5-6,12,15-16H,4,7-10H2,(H,18,19). The zero-order valence-corrected chi connectivity index (χ0v) is 10.8. The molecule has 0 spiro atoms. The van der Waals surface area contributed by atoms with Gasteiger partial charge in [0, 0.05) is 6.42 Å². The highest BCUT2D eigenvalue weighted by molar-refractivity contribution is 5.87. The van der Waals surface area contributed by atoms with Crippen LogP contribution in [0.1, 0.15) is 24.8 Å². The summed E-state index contributed by atoms with van der Waals surface area (Å²) in [6.07, 6.45) is 2.18. The largest absolute Gasteiger partial charge is 0.481 e. The Bertz CT molecular complexity index is 444. The SMILES string of the molecule is O=C(O)CC1CCCNC1C(=O)Cc1ccccc1. The van der Waals surface area contributed by atoms with Gasteiger partial charge in [-0.3, -0.25) is 9.59 Å². The molecule has 0 amide bonds. The molecule has 1 fully saturated rings. The summed E-state index contributed by atoms with van der Waals surface area (Å²) in [7, 11) is 0. The van der Waals surface area contributed by atoms with E-state index in [1.807, 2.05) is 30.3 Å². The number of benzene rings is 1. The lowest BCUT2D eigenvalue weighted by Crippen LogP contribution is -2.48. The summed E-state index contributed by atoms with van der Waals surface area (Å²) >= 11 is 0. The molecule has 1 aromatic rings. The molecule has 0 aromatic heterocycles. The molecule has 1 aromatic carbocycles. The molecule has 2 rings (SSSR count). The molecule has 2 N–H and O–H groups in total. The number of carbonyl (C=O) groups excluding carboxylic acids is 1. The lowest BCUT2D eigenvalue weighted by atomic mass is 9.84. The summed E-state index contributed by atoms with van der Waals surface area (Å²) in [5, 5.41) is 12.1. The van der Waals surface area contributed by atoms with Gasteiger partial charge in [-0.05, 0) is 30.9 Å². The van der Waals surface area contributed by atoms with Crippen LogP contribution in [-0.4, -0.2) is 29.4 Å². The molecule has 0 saturated carbocycles. The molecule has 0 radical (unpaired) electrons. The number of Topliss-reactive ketones (excluding diaryl/α,β-unsaturated/α-hetero) is 1. The van der Waals surface area contributed by atoms with Crippen LogP contribution in [0.2, 0.25) is 0 Å². The molecular formula is C15H19NO3. The van der Waals surface area contributed by atoms with E-state index in [1.165, 1.54) is 0 Å². The molecule has 102 valence electrons. The Kier molecular flexibility index (Phi) is 4.68. The molecule has 19 heavy (non-hydrogen) atoms. The first-order valence-corrected chi connectivity index (χ1v) is 6.68. The Labute approximate surface area is 112 Å². The van der Waals surface area contributed by atoms with Crippen LogP contribution in [0, 0.1) is 5.92 Å². The summed E-state index contributed by atoms with van der Waals surface area (Å²) in [6.45, 7) is 0.793. The van der Waals surface area contributed by atoms with Crippen molar-refractivity contribution in [1.82, 2.24) is 5.32 Å². The van der Waals surface area contributed by atoms with Gasteiger partial charge in [0.05, 0.1) is 12.5 Å². The van der Waals surface area contributed by atoms with E-state index in [9.17, 15) is 9.59 Å². The fourth-order valence-corrected chi connectivity index (χ4v) is 2.68. The average molecular weight is 261 g/mol. The highest BCUT2D eigenvalue weighted by Crippen LogP contribution is 2.22. The molecular weight excluding hydrogens is 242 g/mol. The Morgan fingerprint density at radius 2 is 2.00 bits per heavy atom. The Morgan fingerprint density at radius 3 is 2.68 bits per heavy atom. The number of aliphatic carboxylic acids is 1. The summed E-state index contributed by atoms with van der Waals surface area (Å²) in [4.78, 5) is 23.2. The van der Waals surface area contributed by atoms with Crippen LogP contribution in [0.3, 0.4) is 0 Å². The topological polar surface area (TPSA) is 66.4 Å².